The standard InChI is InChI=1S/C13H20O4S/c1-10-5-7-11(8-6-10)18(15,16)17-9-12(14)13(2,3)4/h5-8,12,14H,9H2,1-4H3/t12-/m1/s1. The monoisotopic (exact) mass is 272 g/mol. The minimum Gasteiger partial charge on any atom is -0.390 e. The van der Waals surface area contributed by atoms with Crippen molar-refractivity contribution in [3.8, 4) is 0 Å². The van der Waals surface area contributed by atoms with E-state index in [4.69, 9.17) is 4.18 Å². The molecule has 0 bridgehead atoms. The summed E-state index contributed by atoms with van der Waals surface area (Å²) in [7, 11) is -3.79. The van der Waals surface area contributed by atoms with Gasteiger partial charge in [-0.3, -0.25) is 4.18 Å². The van der Waals surface area contributed by atoms with E-state index in [2.05, 4.69) is 0 Å². The molecule has 0 aliphatic carbocycles. The molecule has 1 N–H and O–H groups in total. The van der Waals surface area contributed by atoms with E-state index in [1.807, 2.05) is 27.7 Å². The van der Waals surface area contributed by atoms with Crippen LogP contribution in [0.15, 0.2) is 29.2 Å². The molecule has 0 aliphatic heterocycles. The summed E-state index contributed by atoms with van der Waals surface area (Å²) in [4.78, 5) is 0.106. The predicted molar refractivity (Wildman–Crippen MR) is 69.8 cm³/mol. The first-order chi connectivity index (χ1) is 8.13. The van der Waals surface area contributed by atoms with E-state index in [9.17, 15) is 13.5 Å². The van der Waals surface area contributed by atoms with Crippen LogP contribution in [0, 0.1) is 12.3 Å². The Morgan fingerprint density at radius 2 is 1.72 bits per heavy atom. The summed E-state index contributed by atoms with van der Waals surface area (Å²) in [6.45, 7) is 7.10. The van der Waals surface area contributed by atoms with Crippen LogP contribution in [-0.2, 0) is 14.3 Å². The minimum atomic E-state index is -3.79. The van der Waals surface area contributed by atoms with E-state index < -0.39 is 21.6 Å². The summed E-state index contributed by atoms with van der Waals surface area (Å²) in [5.74, 6) is 0. The molecule has 0 saturated heterocycles. The van der Waals surface area contributed by atoms with Crippen LogP contribution in [-0.4, -0.2) is 26.2 Å². The lowest BCUT2D eigenvalue weighted by atomic mass is 9.90. The van der Waals surface area contributed by atoms with Crippen LogP contribution < -0.4 is 0 Å². The first-order valence-corrected chi connectivity index (χ1v) is 7.18. The predicted octanol–water partition coefficient (Wildman–Crippen LogP) is 2.11. The van der Waals surface area contributed by atoms with Crippen LogP contribution in [0.5, 0.6) is 0 Å². The van der Waals surface area contributed by atoms with E-state index in [1.54, 1.807) is 12.1 Å². The van der Waals surface area contributed by atoms with Crippen LogP contribution in [0.1, 0.15) is 26.3 Å². The van der Waals surface area contributed by atoms with Crippen molar-refractivity contribution in [2.24, 2.45) is 5.41 Å². The van der Waals surface area contributed by atoms with E-state index in [0.717, 1.165) is 5.56 Å². The maximum Gasteiger partial charge on any atom is 0.297 e. The number of rotatable bonds is 4. The molecule has 0 saturated carbocycles. The Kier molecular flexibility index (Phi) is 4.53. The molecule has 4 nitrogen and oxygen atoms in total. The molecule has 0 heterocycles. The van der Waals surface area contributed by atoms with Gasteiger partial charge < -0.3 is 5.11 Å². The van der Waals surface area contributed by atoms with E-state index >= 15 is 0 Å². The molecule has 0 radical (unpaired) electrons. The van der Waals surface area contributed by atoms with Gasteiger partial charge in [0.05, 0.1) is 17.6 Å². The number of aliphatic hydroxyl groups is 1. The third-order valence-corrected chi connectivity index (χ3v) is 3.99. The van der Waals surface area contributed by atoms with E-state index in [-0.39, 0.29) is 11.5 Å². The number of hydrogen-bond donors (Lipinski definition) is 1. The molecule has 5 heteroatoms. The molecule has 1 aromatic carbocycles. The van der Waals surface area contributed by atoms with Gasteiger partial charge in [0.25, 0.3) is 10.1 Å². The zero-order valence-corrected chi connectivity index (χ0v) is 12.0. The third-order valence-electron chi connectivity index (χ3n) is 2.69. The second kappa shape index (κ2) is 5.38. The Balaban J connectivity index is 2.75. The lowest BCUT2D eigenvalue weighted by molar-refractivity contribution is 0.0238. The Labute approximate surface area is 109 Å². The van der Waals surface area contributed by atoms with Crippen molar-refractivity contribution in [2.75, 3.05) is 6.61 Å². The Bertz CT molecular complexity index is 483. The highest BCUT2D eigenvalue weighted by Crippen LogP contribution is 2.21. The summed E-state index contributed by atoms with van der Waals surface area (Å²) >= 11 is 0. The number of benzene rings is 1. The maximum atomic E-state index is 11.8. The van der Waals surface area contributed by atoms with Crippen molar-refractivity contribution in [3.63, 3.8) is 0 Å². The fourth-order valence-corrected chi connectivity index (χ4v) is 2.09. The summed E-state index contributed by atoms with van der Waals surface area (Å²) < 4.78 is 28.5. The zero-order chi connectivity index (χ0) is 14.0. The van der Waals surface area contributed by atoms with E-state index in [0.29, 0.717) is 0 Å². The Hall–Kier alpha value is -0.910. The SMILES string of the molecule is Cc1ccc(S(=O)(=O)OC[C@@H](O)C(C)(C)C)cc1. The van der Waals surface area contributed by atoms with Gasteiger partial charge in [-0.2, -0.15) is 8.42 Å². The lowest BCUT2D eigenvalue weighted by Crippen LogP contribution is -2.31. The van der Waals surface area contributed by atoms with Gasteiger partial charge in [-0.05, 0) is 24.5 Å². The van der Waals surface area contributed by atoms with Gasteiger partial charge in [0, 0.05) is 0 Å². The fraction of sp³-hybridized carbons (Fsp3) is 0.538. The Morgan fingerprint density at radius 3 is 2.17 bits per heavy atom. The first-order valence-electron chi connectivity index (χ1n) is 5.77. The second-order valence-corrected chi connectivity index (χ2v) is 7.05. The minimum absolute atomic E-state index is 0.106. The summed E-state index contributed by atoms with van der Waals surface area (Å²) in [6.07, 6.45) is -0.835. The van der Waals surface area contributed by atoms with Crippen molar-refractivity contribution in [1.29, 1.82) is 0 Å². The van der Waals surface area contributed by atoms with Crippen molar-refractivity contribution in [3.05, 3.63) is 29.8 Å². The number of aliphatic hydroxyl groups excluding tert-OH is 1. The molecule has 18 heavy (non-hydrogen) atoms. The summed E-state index contributed by atoms with van der Waals surface area (Å²) in [6, 6.07) is 6.40. The molecule has 0 amide bonds. The van der Waals surface area contributed by atoms with Crippen molar-refractivity contribution in [2.45, 2.75) is 38.7 Å². The van der Waals surface area contributed by atoms with Gasteiger partial charge in [-0.25, -0.2) is 0 Å². The average Bonchev–Trinajstić information content (AvgIpc) is 2.25. The number of aryl methyl sites for hydroxylation is 1. The van der Waals surface area contributed by atoms with Gasteiger partial charge in [-0.1, -0.05) is 38.5 Å². The van der Waals surface area contributed by atoms with Crippen molar-refractivity contribution in [1.82, 2.24) is 0 Å². The molecule has 0 aromatic heterocycles. The van der Waals surface area contributed by atoms with Crippen LogP contribution >= 0.6 is 0 Å². The highest BCUT2D eigenvalue weighted by Gasteiger charge is 2.25. The van der Waals surface area contributed by atoms with Crippen molar-refractivity contribution >= 4 is 10.1 Å². The van der Waals surface area contributed by atoms with Crippen LogP contribution in [0.3, 0.4) is 0 Å². The smallest absolute Gasteiger partial charge is 0.297 e. The summed E-state index contributed by atoms with van der Waals surface area (Å²) in [5, 5.41) is 9.75. The molecule has 0 aliphatic rings. The van der Waals surface area contributed by atoms with Gasteiger partial charge in [-0.15, -0.1) is 0 Å². The highest BCUT2D eigenvalue weighted by molar-refractivity contribution is 7.86. The molecule has 102 valence electrons. The Morgan fingerprint density at radius 1 is 1.22 bits per heavy atom. The highest BCUT2D eigenvalue weighted by atomic mass is 32.2. The summed E-state index contributed by atoms with van der Waals surface area (Å²) in [5.41, 5.74) is 0.562. The molecule has 1 rings (SSSR count). The first kappa shape index (κ1) is 15.1. The van der Waals surface area contributed by atoms with Gasteiger partial charge in [0.1, 0.15) is 0 Å². The molecule has 1 atom stereocenters. The van der Waals surface area contributed by atoms with Crippen LogP contribution in [0.2, 0.25) is 0 Å². The molecular weight excluding hydrogens is 252 g/mol. The molecule has 0 spiro atoms. The molecular formula is C13H20O4S. The maximum absolute atomic E-state index is 11.8. The van der Waals surface area contributed by atoms with Crippen LogP contribution in [0.25, 0.3) is 0 Å². The van der Waals surface area contributed by atoms with Gasteiger partial charge >= 0.3 is 0 Å². The fourth-order valence-electron chi connectivity index (χ4n) is 1.18. The molecule has 1 aromatic rings. The van der Waals surface area contributed by atoms with Gasteiger partial charge in [0.15, 0.2) is 0 Å². The number of hydrogen-bond acceptors (Lipinski definition) is 4. The lowest BCUT2D eigenvalue weighted by Gasteiger charge is -2.25. The van der Waals surface area contributed by atoms with Crippen LogP contribution in [0.4, 0.5) is 0 Å². The average molecular weight is 272 g/mol. The third kappa shape index (κ3) is 4.08. The normalized spacial score (nSPS) is 14.5. The second-order valence-electron chi connectivity index (χ2n) is 5.43. The largest absolute Gasteiger partial charge is 0.390 e. The van der Waals surface area contributed by atoms with Crippen molar-refractivity contribution < 1.29 is 17.7 Å². The van der Waals surface area contributed by atoms with Gasteiger partial charge in [0.2, 0.25) is 0 Å². The van der Waals surface area contributed by atoms with E-state index in [1.165, 1.54) is 12.1 Å². The molecule has 0 unspecified atom stereocenters. The molecule has 0 fully saturated rings. The topological polar surface area (TPSA) is 63.6 Å². The zero-order valence-electron chi connectivity index (χ0n) is 11.2. The quantitative estimate of drug-likeness (QED) is 0.853.